The number of carbonyl (C=O) groups excluding carboxylic acids is 2. The smallest absolute Gasteiger partial charge is 0.234 e. The Balaban J connectivity index is 1.23. The number of thiophene rings is 1. The van der Waals surface area contributed by atoms with Crippen molar-refractivity contribution in [1.82, 2.24) is 10.2 Å². The number of aryl methyl sites for hydroxylation is 1. The number of nitrogens with two attached hydrogens (primary N) is 1. The van der Waals surface area contributed by atoms with Gasteiger partial charge in [-0.25, -0.2) is 0 Å². The van der Waals surface area contributed by atoms with E-state index in [0.717, 1.165) is 31.9 Å². The highest BCUT2D eigenvalue weighted by Gasteiger charge is 2.41. The molecule has 8 nitrogen and oxygen atoms in total. The van der Waals surface area contributed by atoms with Crippen LogP contribution in [0.5, 0.6) is 0 Å². The molecule has 1 unspecified atom stereocenters. The van der Waals surface area contributed by atoms with Crippen molar-refractivity contribution in [1.29, 1.82) is 5.26 Å². The van der Waals surface area contributed by atoms with Crippen LogP contribution in [0.3, 0.4) is 0 Å². The molecular weight excluding hydrogens is 561 g/mol. The maximum Gasteiger partial charge on any atom is 0.234 e. The molecule has 0 radical (unpaired) electrons. The van der Waals surface area contributed by atoms with E-state index in [2.05, 4.69) is 21.6 Å². The number of Topliss-reactive ketones (excluding diaryl/α,β-unsaturated/α-hetero) is 1. The first-order valence-corrected chi connectivity index (χ1v) is 15.3. The molecule has 6 rings (SSSR count). The first kappa shape index (κ1) is 26.3. The third-order valence-electron chi connectivity index (χ3n) is 6.91. The summed E-state index contributed by atoms with van der Waals surface area (Å²) in [5, 5.41) is 24.3. The molecule has 0 saturated heterocycles. The summed E-state index contributed by atoms with van der Waals surface area (Å²) in [5.74, 6) is -0.162. The molecule has 1 aliphatic heterocycles. The van der Waals surface area contributed by atoms with Crippen molar-refractivity contribution in [3.8, 4) is 6.07 Å². The molecule has 0 bridgehead atoms. The Morgan fingerprint density at radius 3 is 2.75 bits per heavy atom. The number of amides is 1. The van der Waals surface area contributed by atoms with Gasteiger partial charge in [0.15, 0.2) is 10.1 Å². The van der Waals surface area contributed by atoms with Crippen LogP contribution < -0.4 is 16.0 Å². The van der Waals surface area contributed by atoms with Crippen molar-refractivity contribution in [3.05, 3.63) is 87.0 Å². The van der Waals surface area contributed by atoms with Gasteiger partial charge < -0.3 is 11.1 Å². The van der Waals surface area contributed by atoms with Gasteiger partial charge in [-0.1, -0.05) is 53.4 Å². The molecule has 2 aromatic carbocycles. The number of ketones is 1. The van der Waals surface area contributed by atoms with Crippen LogP contribution in [0.2, 0.25) is 0 Å². The molecule has 0 saturated carbocycles. The normalized spacial score (nSPS) is 17.2. The van der Waals surface area contributed by atoms with E-state index in [9.17, 15) is 14.9 Å². The molecule has 3 N–H and O–H groups in total. The quantitative estimate of drug-likeness (QED) is 0.261. The lowest BCUT2D eigenvalue weighted by atomic mass is 9.78. The fourth-order valence-corrected chi connectivity index (χ4v) is 7.82. The van der Waals surface area contributed by atoms with Crippen LogP contribution in [0.15, 0.2) is 81.6 Å². The van der Waals surface area contributed by atoms with Crippen molar-refractivity contribution >= 4 is 67.7 Å². The highest BCUT2D eigenvalue weighted by atomic mass is 32.2. The van der Waals surface area contributed by atoms with E-state index in [1.807, 2.05) is 61.5 Å². The van der Waals surface area contributed by atoms with Gasteiger partial charge in [0.1, 0.15) is 5.82 Å². The molecule has 11 heteroatoms. The maximum absolute atomic E-state index is 13.2. The first-order valence-electron chi connectivity index (χ1n) is 12.7. The predicted molar refractivity (Wildman–Crippen MR) is 160 cm³/mol. The number of allylic oxidation sites excluding steroid dienone is 3. The zero-order valence-electron chi connectivity index (χ0n) is 21.5. The van der Waals surface area contributed by atoms with Gasteiger partial charge in [0.05, 0.1) is 23.3 Å². The standard InChI is InChI=1S/C29H24N6O2S3/c1-16-9-12-23(39-16)25-20(14-30)27(31)35(21-7-4-8-22(36)26(21)25)28-33-34-29(40-28)38-15-24(37)32-19-11-10-17-5-2-3-6-18(17)13-19/h2-3,5-6,9-13,25H,4,7-8,15,31H2,1H3,(H,32,37). The zero-order valence-corrected chi connectivity index (χ0v) is 24.0. The summed E-state index contributed by atoms with van der Waals surface area (Å²) >= 11 is 4.13. The van der Waals surface area contributed by atoms with Gasteiger partial charge in [0.25, 0.3) is 0 Å². The number of rotatable bonds is 6. The van der Waals surface area contributed by atoms with Crippen molar-refractivity contribution in [2.45, 2.75) is 36.4 Å². The Hall–Kier alpha value is -3.98. The number of aromatic nitrogens is 2. The van der Waals surface area contributed by atoms with Crippen LogP contribution in [-0.2, 0) is 9.59 Å². The molecule has 2 aliphatic rings. The lowest BCUT2D eigenvalue weighted by Crippen LogP contribution is -2.38. The van der Waals surface area contributed by atoms with Gasteiger partial charge in [-0.2, -0.15) is 5.26 Å². The number of carbonyl (C=O) groups is 2. The number of thioether (sulfide) groups is 1. The lowest BCUT2D eigenvalue weighted by Gasteiger charge is -2.37. The minimum absolute atomic E-state index is 0.0343. The monoisotopic (exact) mass is 584 g/mol. The summed E-state index contributed by atoms with van der Waals surface area (Å²) in [7, 11) is 0. The molecule has 1 amide bonds. The van der Waals surface area contributed by atoms with Crippen molar-refractivity contribution < 1.29 is 9.59 Å². The number of hydrogen-bond acceptors (Lipinski definition) is 10. The molecule has 1 atom stereocenters. The second-order valence-electron chi connectivity index (χ2n) is 9.51. The minimum Gasteiger partial charge on any atom is -0.384 e. The molecule has 40 heavy (non-hydrogen) atoms. The first-order chi connectivity index (χ1) is 19.4. The van der Waals surface area contributed by atoms with Gasteiger partial charge in [0, 0.05) is 33.1 Å². The maximum atomic E-state index is 13.2. The zero-order chi connectivity index (χ0) is 27.8. The highest BCUT2D eigenvalue weighted by molar-refractivity contribution is 8.01. The molecule has 1 aliphatic carbocycles. The van der Waals surface area contributed by atoms with Crippen LogP contribution in [0.1, 0.15) is 34.9 Å². The second-order valence-corrected chi connectivity index (χ2v) is 13.0. The highest BCUT2D eigenvalue weighted by Crippen LogP contribution is 2.48. The molecule has 2 aromatic heterocycles. The Labute approximate surface area is 243 Å². The summed E-state index contributed by atoms with van der Waals surface area (Å²) in [6.45, 7) is 2.00. The number of nitrogens with zero attached hydrogens (tertiary/aromatic N) is 4. The summed E-state index contributed by atoms with van der Waals surface area (Å²) in [5.41, 5.74) is 9.10. The van der Waals surface area contributed by atoms with Crippen LogP contribution in [0.25, 0.3) is 10.8 Å². The van der Waals surface area contributed by atoms with E-state index >= 15 is 0 Å². The van der Waals surface area contributed by atoms with Crippen LogP contribution in [0.4, 0.5) is 10.8 Å². The summed E-state index contributed by atoms with van der Waals surface area (Å²) < 4.78 is 0.593. The molecule has 0 spiro atoms. The van der Waals surface area contributed by atoms with Crippen LogP contribution in [-0.4, -0.2) is 27.6 Å². The average Bonchev–Trinajstić information content (AvgIpc) is 3.60. The van der Waals surface area contributed by atoms with Gasteiger partial charge in [-0.3, -0.25) is 14.5 Å². The molecule has 0 fully saturated rings. The third kappa shape index (κ3) is 4.90. The van der Waals surface area contributed by atoms with Gasteiger partial charge in [0.2, 0.25) is 11.0 Å². The largest absolute Gasteiger partial charge is 0.384 e. The van der Waals surface area contributed by atoms with Gasteiger partial charge >= 0.3 is 0 Å². The number of nitriles is 1. The Kier molecular flexibility index (Phi) is 7.14. The van der Waals surface area contributed by atoms with Gasteiger partial charge in [-0.05, 0) is 54.8 Å². The number of fused-ring (bicyclic) bond motifs is 1. The van der Waals surface area contributed by atoms with E-state index in [0.29, 0.717) is 39.9 Å². The Bertz CT molecular complexity index is 1760. The fourth-order valence-electron chi connectivity index (χ4n) is 5.14. The van der Waals surface area contributed by atoms with E-state index in [1.54, 1.807) is 16.2 Å². The molecule has 200 valence electrons. The van der Waals surface area contributed by atoms with E-state index in [1.165, 1.54) is 23.1 Å². The van der Waals surface area contributed by atoms with Gasteiger partial charge in [-0.15, -0.1) is 21.5 Å². The lowest BCUT2D eigenvalue weighted by molar-refractivity contribution is -0.116. The van der Waals surface area contributed by atoms with Crippen molar-refractivity contribution in [3.63, 3.8) is 0 Å². The number of anilines is 2. The topological polar surface area (TPSA) is 125 Å². The Morgan fingerprint density at radius 1 is 1.15 bits per heavy atom. The summed E-state index contributed by atoms with van der Waals surface area (Å²) in [4.78, 5) is 29.7. The molecule has 3 heterocycles. The molecular formula is C29H24N6O2S3. The predicted octanol–water partition coefficient (Wildman–Crippen LogP) is 6.10. The van der Waals surface area contributed by atoms with Crippen molar-refractivity contribution in [2.24, 2.45) is 5.73 Å². The van der Waals surface area contributed by atoms with Crippen LogP contribution >= 0.6 is 34.4 Å². The fraction of sp³-hybridized carbons (Fsp3) is 0.207. The average molecular weight is 585 g/mol. The van der Waals surface area contributed by atoms with Crippen LogP contribution in [0, 0.1) is 18.3 Å². The number of nitrogens with one attached hydrogen (secondary N) is 1. The van der Waals surface area contributed by atoms with Crippen molar-refractivity contribution in [2.75, 3.05) is 16.0 Å². The van der Waals surface area contributed by atoms with E-state index in [-0.39, 0.29) is 23.3 Å². The van der Waals surface area contributed by atoms with E-state index in [4.69, 9.17) is 5.73 Å². The third-order valence-corrected chi connectivity index (χ3v) is 10.0. The summed E-state index contributed by atoms with van der Waals surface area (Å²) in [6, 6.07) is 20.0. The van der Waals surface area contributed by atoms with E-state index < -0.39 is 5.92 Å². The minimum atomic E-state index is -0.469. The SMILES string of the molecule is Cc1ccc(C2C(C#N)=C(N)N(c3nnc(SCC(=O)Nc4ccc5ccccc5c4)s3)C3=C2C(=O)CCC3)s1. The number of benzene rings is 2. The second kappa shape index (κ2) is 10.9. The Morgan fingerprint density at radius 2 is 1.98 bits per heavy atom. The summed E-state index contributed by atoms with van der Waals surface area (Å²) in [6.07, 6.45) is 1.79. The number of hydrogen-bond donors (Lipinski definition) is 2. The molecule has 4 aromatic rings.